The second-order valence-corrected chi connectivity index (χ2v) is 14.7. The number of nitrogens with zero attached hydrogens (tertiary/aromatic N) is 5. The SMILES string of the molecule is O=C(O)C(Cc1cc(C(F)(F)F)cc(C(F)(F)F)c1)c1nc2ccccc2n1CC1CCN(C(=O)NN2CCC(N3CCc4ccccc4NC3=O)CC2)CC1. The number of fused-ring (bicyclic) bond motifs is 2. The zero-order valence-corrected chi connectivity index (χ0v) is 30.2. The van der Waals surface area contributed by atoms with E-state index in [2.05, 4.69) is 15.7 Å². The highest BCUT2D eigenvalue weighted by molar-refractivity contribution is 5.91. The lowest BCUT2D eigenvalue weighted by Crippen LogP contribution is -2.56. The molecular formula is C39H41F6N7O4. The second kappa shape index (κ2) is 15.7. The molecular weight excluding hydrogens is 744 g/mol. The lowest BCUT2D eigenvalue weighted by atomic mass is 9.94. The van der Waals surface area contributed by atoms with Gasteiger partial charge in [-0.25, -0.2) is 19.6 Å². The number of alkyl halides is 6. The molecule has 298 valence electrons. The van der Waals surface area contributed by atoms with Gasteiger partial charge in [0.15, 0.2) is 0 Å². The maximum Gasteiger partial charge on any atom is 0.416 e. The van der Waals surface area contributed by atoms with Gasteiger partial charge in [-0.1, -0.05) is 30.3 Å². The standard InChI is InChI=1S/C39H41F6N7O4/c40-38(41,42)27-19-25(20-28(22-27)39(43,44)45)21-30(35(53)54)34-46-32-7-3-4-8-33(32)52(34)23-24-9-14-49(15-10-24)37(56)48-50-16-12-29(13-17-50)51-18-11-26-5-1-2-6-31(26)47-36(51)55/h1-8,19-20,22,24,29-30H,9-18,21,23H2,(H,47,55)(H,48,56)(H,53,54). The number of para-hydroxylation sites is 3. The van der Waals surface area contributed by atoms with E-state index in [1.807, 2.05) is 34.2 Å². The highest BCUT2D eigenvalue weighted by Crippen LogP contribution is 2.38. The van der Waals surface area contributed by atoms with Crippen molar-refractivity contribution < 1.29 is 45.8 Å². The minimum atomic E-state index is -5.08. The molecule has 1 atom stereocenters. The molecule has 3 aromatic carbocycles. The number of imidazole rings is 1. The van der Waals surface area contributed by atoms with Gasteiger partial charge in [0.1, 0.15) is 11.7 Å². The zero-order valence-electron chi connectivity index (χ0n) is 30.2. The third-order valence-electron chi connectivity index (χ3n) is 11.0. The molecule has 0 aliphatic carbocycles. The van der Waals surface area contributed by atoms with Crippen LogP contribution in [0.2, 0.25) is 0 Å². The molecule has 2 fully saturated rings. The fraction of sp³-hybridized carbons (Fsp3) is 0.436. The molecule has 3 N–H and O–H groups in total. The Hall–Kier alpha value is -5.32. The number of nitrogens with one attached hydrogen (secondary N) is 2. The molecule has 0 radical (unpaired) electrons. The molecule has 4 heterocycles. The molecule has 0 saturated carbocycles. The lowest BCUT2D eigenvalue weighted by molar-refractivity contribution is -0.143. The summed E-state index contributed by atoms with van der Waals surface area (Å²) in [7, 11) is 0. The number of likely N-dealkylation sites (tertiary alicyclic amines) is 1. The van der Waals surface area contributed by atoms with Gasteiger partial charge in [0.2, 0.25) is 0 Å². The van der Waals surface area contributed by atoms with Gasteiger partial charge < -0.3 is 24.8 Å². The van der Waals surface area contributed by atoms with Gasteiger partial charge in [0.25, 0.3) is 0 Å². The van der Waals surface area contributed by atoms with Crippen LogP contribution in [0.1, 0.15) is 59.7 Å². The molecule has 0 spiro atoms. The molecule has 11 nitrogen and oxygen atoms in total. The Morgan fingerprint density at radius 3 is 2.16 bits per heavy atom. The molecule has 56 heavy (non-hydrogen) atoms. The molecule has 1 unspecified atom stereocenters. The maximum atomic E-state index is 13.6. The van der Waals surface area contributed by atoms with E-state index in [0.717, 1.165) is 17.7 Å². The summed E-state index contributed by atoms with van der Waals surface area (Å²) >= 11 is 0. The van der Waals surface area contributed by atoms with E-state index in [-0.39, 0.29) is 42.5 Å². The smallest absolute Gasteiger partial charge is 0.416 e. The van der Waals surface area contributed by atoms with Crippen LogP contribution in [-0.2, 0) is 36.5 Å². The third kappa shape index (κ3) is 8.56. The topological polar surface area (TPSA) is 123 Å². The van der Waals surface area contributed by atoms with E-state index in [9.17, 15) is 45.8 Å². The van der Waals surface area contributed by atoms with Gasteiger partial charge in [-0.05, 0) is 92.0 Å². The first-order valence-corrected chi connectivity index (χ1v) is 18.6. The van der Waals surface area contributed by atoms with Gasteiger partial charge in [-0.15, -0.1) is 0 Å². The van der Waals surface area contributed by atoms with Gasteiger partial charge in [-0.3, -0.25) is 10.2 Å². The maximum absolute atomic E-state index is 13.6. The quantitative estimate of drug-likeness (QED) is 0.160. The summed E-state index contributed by atoms with van der Waals surface area (Å²) in [4.78, 5) is 47.1. The van der Waals surface area contributed by atoms with E-state index in [4.69, 9.17) is 0 Å². The number of carboxylic acids is 1. The number of hydrazine groups is 1. The van der Waals surface area contributed by atoms with Crippen LogP contribution in [0.15, 0.2) is 66.7 Å². The average Bonchev–Trinajstić information content (AvgIpc) is 3.42. The van der Waals surface area contributed by atoms with Crippen LogP contribution in [0.25, 0.3) is 11.0 Å². The number of carboxylic acid groups (broad SMARTS) is 1. The van der Waals surface area contributed by atoms with Gasteiger partial charge in [-0.2, -0.15) is 26.3 Å². The molecule has 7 rings (SSSR count). The lowest BCUT2D eigenvalue weighted by Gasteiger charge is -2.39. The molecule has 4 amide bonds. The highest BCUT2D eigenvalue weighted by atomic mass is 19.4. The number of hydrogen-bond acceptors (Lipinski definition) is 5. The number of rotatable bonds is 8. The summed E-state index contributed by atoms with van der Waals surface area (Å²) in [6.07, 6.45) is -7.53. The normalized spacial score (nSPS) is 18.4. The summed E-state index contributed by atoms with van der Waals surface area (Å²) in [6.45, 7) is 2.87. The minimum Gasteiger partial charge on any atom is -0.481 e. The number of aliphatic carboxylic acids is 1. The minimum absolute atomic E-state index is 0.0148. The highest BCUT2D eigenvalue weighted by Gasteiger charge is 2.38. The Morgan fingerprint density at radius 2 is 1.50 bits per heavy atom. The number of amides is 4. The van der Waals surface area contributed by atoms with E-state index in [1.54, 1.807) is 33.7 Å². The van der Waals surface area contributed by atoms with Crippen LogP contribution >= 0.6 is 0 Å². The third-order valence-corrected chi connectivity index (χ3v) is 11.0. The van der Waals surface area contributed by atoms with Crippen LogP contribution in [0, 0.1) is 5.92 Å². The number of carbonyl (C=O) groups excluding carboxylic acids is 2. The number of benzene rings is 3. The fourth-order valence-corrected chi connectivity index (χ4v) is 8.02. The number of halogens is 6. The van der Waals surface area contributed by atoms with Gasteiger partial charge in [0.05, 0.1) is 22.2 Å². The Bertz CT molecular complexity index is 2060. The van der Waals surface area contributed by atoms with Crippen molar-refractivity contribution in [2.45, 2.75) is 69.4 Å². The zero-order chi connectivity index (χ0) is 39.8. The van der Waals surface area contributed by atoms with Crippen molar-refractivity contribution >= 4 is 34.8 Å². The van der Waals surface area contributed by atoms with Crippen LogP contribution < -0.4 is 10.7 Å². The molecule has 4 aromatic rings. The number of aromatic nitrogens is 2. The van der Waals surface area contributed by atoms with Gasteiger partial charge >= 0.3 is 30.4 Å². The van der Waals surface area contributed by atoms with Gasteiger partial charge in [0, 0.05) is 51.0 Å². The number of anilines is 1. The Morgan fingerprint density at radius 1 is 0.857 bits per heavy atom. The number of hydrogen-bond donors (Lipinski definition) is 3. The van der Waals surface area contributed by atoms with Crippen molar-refractivity contribution in [1.82, 2.24) is 29.8 Å². The van der Waals surface area contributed by atoms with Crippen molar-refractivity contribution in [2.75, 3.05) is 38.0 Å². The van der Waals surface area contributed by atoms with Crippen LogP contribution in [-0.4, -0.2) is 86.3 Å². The number of piperidine rings is 2. The molecule has 3 aliphatic rings. The summed E-state index contributed by atoms with van der Waals surface area (Å²) in [6, 6.07) is 15.4. The largest absolute Gasteiger partial charge is 0.481 e. The van der Waals surface area contributed by atoms with Crippen molar-refractivity contribution in [2.24, 2.45) is 5.92 Å². The molecule has 17 heteroatoms. The molecule has 0 bridgehead atoms. The van der Waals surface area contributed by atoms with E-state index >= 15 is 0 Å². The monoisotopic (exact) mass is 785 g/mol. The average molecular weight is 786 g/mol. The molecule has 1 aromatic heterocycles. The Kier molecular flexibility index (Phi) is 10.9. The van der Waals surface area contributed by atoms with E-state index in [0.29, 0.717) is 81.6 Å². The first-order valence-electron chi connectivity index (χ1n) is 18.6. The molecule has 3 aliphatic heterocycles. The first kappa shape index (κ1) is 38.9. The summed E-state index contributed by atoms with van der Waals surface area (Å²) in [5, 5.41) is 15.2. The Balaban J connectivity index is 0.979. The fourth-order valence-electron chi connectivity index (χ4n) is 8.02. The Labute approximate surface area is 318 Å². The van der Waals surface area contributed by atoms with E-state index < -0.39 is 47.4 Å². The number of urea groups is 2. The first-order chi connectivity index (χ1) is 26.6. The summed E-state index contributed by atoms with van der Waals surface area (Å²) in [5.41, 5.74) is 2.48. The second-order valence-electron chi connectivity index (χ2n) is 14.7. The van der Waals surface area contributed by atoms with Crippen LogP contribution in [0.4, 0.5) is 41.6 Å². The van der Waals surface area contributed by atoms with Crippen molar-refractivity contribution in [3.63, 3.8) is 0 Å². The van der Waals surface area contributed by atoms with E-state index in [1.165, 1.54) is 0 Å². The van der Waals surface area contributed by atoms with Crippen LogP contribution in [0.5, 0.6) is 0 Å². The number of carbonyl (C=O) groups is 3. The summed E-state index contributed by atoms with van der Waals surface area (Å²) < 4.78 is 83.3. The molecule has 2 saturated heterocycles. The predicted octanol–water partition coefficient (Wildman–Crippen LogP) is 7.38. The predicted molar refractivity (Wildman–Crippen MR) is 194 cm³/mol. The van der Waals surface area contributed by atoms with Crippen molar-refractivity contribution in [3.8, 4) is 0 Å². The van der Waals surface area contributed by atoms with Crippen molar-refractivity contribution in [3.05, 3.63) is 94.8 Å². The van der Waals surface area contributed by atoms with Crippen molar-refractivity contribution in [1.29, 1.82) is 0 Å². The van der Waals surface area contributed by atoms with Crippen LogP contribution in [0.3, 0.4) is 0 Å². The summed E-state index contributed by atoms with van der Waals surface area (Å²) in [5.74, 6) is -3.00.